The molecule has 1 heterocycles. The third-order valence-electron chi connectivity index (χ3n) is 5.11. The van der Waals surface area contributed by atoms with E-state index in [9.17, 15) is 9.59 Å². The van der Waals surface area contributed by atoms with Crippen molar-refractivity contribution in [2.75, 3.05) is 0 Å². The molecule has 3 amide bonds. The molecule has 130 valence electrons. The van der Waals surface area contributed by atoms with Crippen LogP contribution in [0.2, 0.25) is 0 Å². The molecular weight excluding hydrogens is 324 g/mol. The Bertz CT molecular complexity index is 1000. The van der Waals surface area contributed by atoms with Crippen molar-refractivity contribution in [3.63, 3.8) is 0 Å². The average molecular weight is 344 g/mol. The van der Waals surface area contributed by atoms with E-state index in [0.717, 1.165) is 27.5 Å². The summed E-state index contributed by atoms with van der Waals surface area (Å²) in [5.41, 5.74) is 1.83. The first kappa shape index (κ1) is 16.3. The molecule has 0 saturated carbocycles. The van der Waals surface area contributed by atoms with Gasteiger partial charge in [-0.3, -0.25) is 9.69 Å². The monoisotopic (exact) mass is 344 g/mol. The first-order chi connectivity index (χ1) is 12.5. The van der Waals surface area contributed by atoms with Crippen LogP contribution in [0.15, 0.2) is 66.7 Å². The highest BCUT2D eigenvalue weighted by atomic mass is 16.2. The van der Waals surface area contributed by atoms with Gasteiger partial charge in [0.25, 0.3) is 5.91 Å². The second kappa shape index (κ2) is 5.99. The average Bonchev–Trinajstić information content (AvgIpc) is 2.86. The normalized spacial score (nSPS) is 19.8. The van der Waals surface area contributed by atoms with Gasteiger partial charge in [-0.15, -0.1) is 0 Å². The Morgan fingerprint density at radius 3 is 2.38 bits per heavy atom. The van der Waals surface area contributed by atoms with E-state index in [1.165, 1.54) is 4.90 Å². The molecule has 1 aliphatic heterocycles. The van der Waals surface area contributed by atoms with Crippen LogP contribution < -0.4 is 5.32 Å². The minimum absolute atomic E-state index is 0.223. The number of nitrogens with zero attached hydrogens (tertiary/aromatic N) is 1. The molecule has 3 aromatic rings. The number of imide groups is 1. The number of rotatable bonds is 3. The van der Waals surface area contributed by atoms with Crippen LogP contribution in [0.5, 0.6) is 0 Å². The van der Waals surface area contributed by atoms with Crippen LogP contribution in [0, 0.1) is 6.92 Å². The molecule has 1 atom stereocenters. The lowest BCUT2D eigenvalue weighted by Crippen LogP contribution is -2.40. The van der Waals surface area contributed by atoms with Gasteiger partial charge in [0.05, 0.1) is 6.54 Å². The van der Waals surface area contributed by atoms with Gasteiger partial charge in [0.15, 0.2) is 0 Å². The maximum absolute atomic E-state index is 13.1. The van der Waals surface area contributed by atoms with Crippen LogP contribution in [-0.4, -0.2) is 16.8 Å². The summed E-state index contributed by atoms with van der Waals surface area (Å²) >= 11 is 0. The molecule has 0 bridgehead atoms. The van der Waals surface area contributed by atoms with Crippen molar-refractivity contribution in [1.82, 2.24) is 10.2 Å². The number of benzene rings is 3. The van der Waals surface area contributed by atoms with Crippen molar-refractivity contribution in [3.05, 3.63) is 83.4 Å². The van der Waals surface area contributed by atoms with Gasteiger partial charge in [0.1, 0.15) is 5.54 Å². The lowest BCUT2D eigenvalue weighted by atomic mass is 9.91. The number of carbonyl (C=O) groups excluding carboxylic acids is 2. The van der Waals surface area contributed by atoms with Gasteiger partial charge >= 0.3 is 6.03 Å². The van der Waals surface area contributed by atoms with Crippen LogP contribution >= 0.6 is 0 Å². The van der Waals surface area contributed by atoms with Crippen molar-refractivity contribution in [3.8, 4) is 0 Å². The van der Waals surface area contributed by atoms with E-state index in [0.29, 0.717) is 0 Å². The van der Waals surface area contributed by atoms with Gasteiger partial charge in [-0.1, -0.05) is 72.3 Å². The minimum atomic E-state index is -1.03. The highest BCUT2D eigenvalue weighted by Gasteiger charge is 2.48. The molecule has 1 N–H and O–H groups in total. The highest BCUT2D eigenvalue weighted by Crippen LogP contribution is 2.31. The minimum Gasteiger partial charge on any atom is -0.319 e. The Hall–Kier alpha value is -3.14. The van der Waals surface area contributed by atoms with Gasteiger partial charge in [-0.25, -0.2) is 4.79 Å². The van der Waals surface area contributed by atoms with Gasteiger partial charge in [0, 0.05) is 0 Å². The zero-order chi connectivity index (χ0) is 18.3. The van der Waals surface area contributed by atoms with Gasteiger partial charge in [0.2, 0.25) is 0 Å². The van der Waals surface area contributed by atoms with Gasteiger partial charge in [-0.2, -0.15) is 0 Å². The Morgan fingerprint density at radius 1 is 0.923 bits per heavy atom. The summed E-state index contributed by atoms with van der Waals surface area (Å²) < 4.78 is 0. The van der Waals surface area contributed by atoms with E-state index in [1.54, 1.807) is 6.92 Å². The van der Waals surface area contributed by atoms with Crippen LogP contribution in [0.3, 0.4) is 0 Å². The summed E-state index contributed by atoms with van der Waals surface area (Å²) in [5, 5.41) is 5.02. The Kier molecular flexibility index (Phi) is 3.76. The summed E-state index contributed by atoms with van der Waals surface area (Å²) in [7, 11) is 0. The molecular formula is C22H20N2O2. The maximum atomic E-state index is 13.1. The van der Waals surface area contributed by atoms with Crippen molar-refractivity contribution >= 4 is 22.7 Å². The molecule has 1 aliphatic rings. The Morgan fingerprint density at radius 2 is 1.62 bits per heavy atom. The molecule has 1 saturated heterocycles. The first-order valence-electron chi connectivity index (χ1n) is 8.67. The largest absolute Gasteiger partial charge is 0.325 e. The Labute approximate surface area is 152 Å². The number of aryl methyl sites for hydroxylation is 1. The zero-order valence-electron chi connectivity index (χ0n) is 14.8. The quantitative estimate of drug-likeness (QED) is 0.727. The van der Waals surface area contributed by atoms with E-state index in [2.05, 4.69) is 5.32 Å². The summed E-state index contributed by atoms with van der Waals surface area (Å²) in [4.78, 5) is 27.0. The van der Waals surface area contributed by atoms with Crippen molar-refractivity contribution in [1.29, 1.82) is 0 Å². The van der Waals surface area contributed by atoms with Crippen LogP contribution in [0.4, 0.5) is 4.79 Å². The third-order valence-corrected chi connectivity index (χ3v) is 5.11. The second-order valence-electron chi connectivity index (χ2n) is 6.95. The summed E-state index contributed by atoms with van der Waals surface area (Å²) in [6.45, 7) is 4.02. The summed E-state index contributed by atoms with van der Waals surface area (Å²) in [5.74, 6) is -0.223. The third kappa shape index (κ3) is 2.54. The van der Waals surface area contributed by atoms with Crippen LogP contribution in [-0.2, 0) is 16.9 Å². The fraction of sp³-hybridized carbons (Fsp3) is 0.182. The van der Waals surface area contributed by atoms with Crippen molar-refractivity contribution in [2.45, 2.75) is 25.9 Å². The second-order valence-corrected chi connectivity index (χ2v) is 6.95. The highest BCUT2D eigenvalue weighted by molar-refractivity contribution is 6.07. The lowest BCUT2D eigenvalue weighted by molar-refractivity contribution is -0.131. The van der Waals surface area contributed by atoms with Crippen LogP contribution in [0.25, 0.3) is 10.8 Å². The Balaban J connectivity index is 1.68. The number of fused-ring (bicyclic) bond motifs is 1. The molecule has 1 fully saturated rings. The van der Waals surface area contributed by atoms with Crippen molar-refractivity contribution in [2.24, 2.45) is 0 Å². The molecule has 4 heteroatoms. The molecule has 3 aromatic carbocycles. The fourth-order valence-electron chi connectivity index (χ4n) is 3.52. The maximum Gasteiger partial charge on any atom is 0.325 e. The van der Waals surface area contributed by atoms with E-state index in [1.807, 2.05) is 73.7 Å². The zero-order valence-corrected chi connectivity index (χ0v) is 14.8. The molecule has 0 aliphatic carbocycles. The number of hydrogen-bond acceptors (Lipinski definition) is 2. The SMILES string of the molecule is Cc1ccc([C@]2(C)NC(=O)N(Cc3cccc4ccccc34)C2=O)cc1. The molecule has 4 rings (SSSR count). The van der Waals surface area contributed by atoms with Gasteiger partial charge < -0.3 is 5.32 Å². The fourth-order valence-corrected chi connectivity index (χ4v) is 3.52. The summed E-state index contributed by atoms with van der Waals surface area (Å²) in [6.07, 6.45) is 0. The van der Waals surface area contributed by atoms with E-state index >= 15 is 0 Å². The molecule has 0 spiro atoms. The number of amides is 3. The molecule has 4 nitrogen and oxygen atoms in total. The topological polar surface area (TPSA) is 49.4 Å². The number of carbonyl (C=O) groups is 2. The van der Waals surface area contributed by atoms with E-state index < -0.39 is 5.54 Å². The molecule has 0 unspecified atom stereocenters. The molecule has 0 radical (unpaired) electrons. The van der Waals surface area contributed by atoms with E-state index in [-0.39, 0.29) is 18.5 Å². The summed E-state index contributed by atoms with van der Waals surface area (Å²) in [6, 6.07) is 21.3. The number of nitrogens with one attached hydrogen (secondary N) is 1. The molecule has 26 heavy (non-hydrogen) atoms. The standard InChI is InChI=1S/C22H20N2O2/c1-15-10-12-18(13-11-15)22(2)20(25)24(21(26)23-22)14-17-8-5-7-16-6-3-4-9-19(16)17/h3-13H,14H2,1-2H3,(H,23,26)/t22-/m0/s1. The smallest absolute Gasteiger partial charge is 0.319 e. The predicted molar refractivity (Wildman–Crippen MR) is 102 cm³/mol. The molecule has 0 aromatic heterocycles. The predicted octanol–water partition coefficient (Wildman–Crippen LogP) is 4.12. The van der Waals surface area contributed by atoms with Crippen molar-refractivity contribution < 1.29 is 9.59 Å². The van der Waals surface area contributed by atoms with Gasteiger partial charge in [-0.05, 0) is 35.7 Å². The first-order valence-corrected chi connectivity index (χ1v) is 8.67. The number of urea groups is 1. The number of hydrogen-bond donors (Lipinski definition) is 1. The van der Waals surface area contributed by atoms with Crippen LogP contribution in [0.1, 0.15) is 23.6 Å². The lowest BCUT2D eigenvalue weighted by Gasteiger charge is -2.22. The van der Waals surface area contributed by atoms with E-state index in [4.69, 9.17) is 0 Å².